The summed E-state index contributed by atoms with van der Waals surface area (Å²) in [5, 5.41) is 10.4. The number of aliphatic hydroxyl groups excluding tert-OH is 1. The highest BCUT2D eigenvalue weighted by Gasteiger charge is 2.33. The number of aromatic nitrogens is 2. The number of benzene rings is 3. The second-order valence-corrected chi connectivity index (χ2v) is 11.7. The number of amides is 1. The molecule has 3 aromatic carbocycles. The highest BCUT2D eigenvalue weighted by atomic mass is 127. The van der Waals surface area contributed by atoms with Crippen molar-refractivity contribution >= 4 is 40.4 Å². The average Bonchev–Trinajstić information content (AvgIpc) is 3.42. The van der Waals surface area contributed by atoms with Gasteiger partial charge in [0.1, 0.15) is 5.75 Å². The number of ether oxygens (including phenoxy) is 1. The maximum atomic E-state index is 13.7. The third-order valence-electron chi connectivity index (χ3n) is 7.36. The molecule has 0 radical (unpaired) electrons. The normalized spacial score (nSPS) is 17.1. The third-order valence-corrected chi connectivity index (χ3v) is 8.08. The van der Waals surface area contributed by atoms with Gasteiger partial charge < -0.3 is 19.3 Å². The van der Waals surface area contributed by atoms with Crippen molar-refractivity contribution in [3.8, 4) is 11.4 Å². The van der Waals surface area contributed by atoms with Crippen LogP contribution in [0.3, 0.4) is 0 Å². The zero-order valence-corrected chi connectivity index (χ0v) is 25.4. The lowest BCUT2D eigenvalue weighted by Crippen LogP contribution is -2.44. The number of carbonyl (C=O) groups is 2. The number of rotatable bonds is 8. The molecule has 1 fully saturated rings. The minimum Gasteiger partial charge on any atom is -0.495 e. The minimum atomic E-state index is -0.516. The molecule has 4 aromatic rings. The van der Waals surface area contributed by atoms with E-state index >= 15 is 0 Å². The van der Waals surface area contributed by atoms with Crippen molar-refractivity contribution in [2.24, 2.45) is 5.92 Å². The van der Waals surface area contributed by atoms with E-state index in [9.17, 15) is 14.7 Å². The number of hydrogen-bond donors (Lipinski definition) is 1. The monoisotopic (exact) mass is 661 g/mol. The van der Waals surface area contributed by atoms with Crippen LogP contribution >= 0.6 is 22.6 Å². The zero-order chi connectivity index (χ0) is 29.1. The van der Waals surface area contributed by atoms with Gasteiger partial charge in [-0.05, 0) is 95.5 Å². The highest BCUT2D eigenvalue weighted by molar-refractivity contribution is 14.1. The van der Waals surface area contributed by atoms with Gasteiger partial charge >= 0.3 is 0 Å². The maximum absolute atomic E-state index is 13.7. The number of hydrogen-bond acceptors (Lipinski definition) is 5. The van der Waals surface area contributed by atoms with Crippen LogP contribution in [0, 0.1) is 16.4 Å². The summed E-state index contributed by atoms with van der Waals surface area (Å²) < 4.78 is 8.62. The highest BCUT2D eigenvalue weighted by Crippen LogP contribution is 2.33. The first-order valence-electron chi connectivity index (χ1n) is 13.5. The molecule has 0 aliphatic carbocycles. The molecule has 0 saturated carbocycles. The van der Waals surface area contributed by atoms with Gasteiger partial charge in [-0.2, -0.15) is 0 Å². The molecule has 41 heavy (non-hydrogen) atoms. The second-order valence-electron chi connectivity index (χ2n) is 10.4. The Morgan fingerprint density at radius 2 is 1.80 bits per heavy atom. The summed E-state index contributed by atoms with van der Waals surface area (Å²) >= 11 is 2.21. The molecule has 1 N–H and O–H groups in total. The van der Waals surface area contributed by atoms with Gasteiger partial charge in [0.05, 0.1) is 37.5 Å². The lowest BCUT2D eigenvalue weighted by atomic mass is 9.90. The maximum Gasteiger partial charge on any atom is 0.250 e. The molecule has 1 aliphatic heterocycles. The van der Waals surface area contributed by atoms with Gasteiger partial charge in [0.2, 0.25) is 5.91 Å². The van der Waals surface area contributed by atoms with E-state index in [4.69, 9.17) is 4.74 Å². The first-order chi connectivity index (χ1) is 19.8. The summed E-state index contributed by atoms with van der Waals surface area (Å²) in [6, 6.07) is 20.0. The van der Waals surface area contributed by atoms with E-state index < -0.39 is 6.04 Å². The number of aryl methyl sites for hydroxylation is 1. The lowest BCUT2D eigenvalue weighted by Gasteiger charge is -2.38. The van der Waals surface area contributed by atoms with Gasteiger partial charge in [-0.15, -0.1) is 0 Å². The summed E-state index contributed by atoms with van der Waals surface area (Å²) in [5.74, 6) is 0.725. The summed E-state index contributed by atoms with van der Waals surface area (Å²) in [6.45, 7) is 4.35. The van der Waals surface area contributed by atoms with Crippen LogP contribution in [0.15, 0.2) is 84.8 Å². The first kappa shape index (κ1) is 28.8. The fraction of sp³-hybridized carbons (Fsp3) is 0.242. The van der Waals surface area contributed by atoms with Crippen molar-refractivity contribution < 1.29 is 19.4 Å². The van der Waals surface area contributed by atoms with Crippen molar-refractivity contribution in [3.05, 3.63) is 116 Å². The van der Waals surface area contributed by atoms with Crippen molar-refractivity contribution in [3.63, 3.8) is 0 Å². The SMILES string of the molecule is COc1cc(/C=C2\C[C@H](C)CN([C@H](CO)c3ccc(C(=O)c4ccc(I)cc4)cc3)C2=O)ccc1-n1cnc(C)c1. The molecule has 0 bridgehead atoms. The van der Waals surface area contributed by atoms with Gasteiger partial charge in [-0.1, -0.05) is 37.3 Å². The van der Waals surface area contributed by atoms with Crippen LogP contribution in [0.5, 0.6) is 5.75 Å². The summed E-state index contributed by atoms with van der Waals surface area (Å²) in [6.07, 6.45) is 6.23. The topological polar surface area (TPSA) is 84.7 Å². The fourth-order valence-electron chi connectivity index (χ4n) is 5.28. The van der Waals surface area contributed by atoms with E-state index in [-0.39, 0.29) is 24.2 Å². The quantitative estimate of drug-likeness (QED) is 0.142. The number of carbonyl (C=O) groups excluding carboxylic acids is 2. The molecule has 1 saturated heterocycles. The number of methoxy groups -OCH3 is 1. The Morgan fingerprint density at radius 3 is 2.41 bits per heavy atom. The van der Waals surface area contributed by atoms with E-state index in [0.717, 1.165) is 26.1 Å². The van der Waals surface area contributed by atoms with Crippen LogP contribution in [-0.2, 0) is 4.79 Å². The Bertz CT molecular complexity index is 1590. The molecular weight excluding hydrogens is 629 g/mol. The van der Waals surface area contributed by atoms with Crippen LogP contribution in [0.4, 0.5) is 0 Å². The predicted molar refractivity (Wildman–Crippen MR) is 167 cm³/mol. The van der Waals surface area contributed by atoms with Crippen molar-refractivity contribution in [2.45, 2.75) is 26.3 Å². The molecule has 2 atom stereocenters. The first-order valence-corrected chi connectivity index (χ1v) is 14.6. The number of aliphatic hydroxyl groups is 1. The Balaban J connectivity index is 1.38. The molecule has 0 unspecified atom stereocenters. The molecule has 1 aliphatic rings. The van der Waals surface area contributed by atoms with Gasteiger partial charge in [-0.3, -0.25) is 9.59 Å². The Morgan fingerprint density at radius 1 is 1.12 bits per heavy atom. The fourth-order valence-corrected chi connectivity index (χ4v) is 5.64. The van der Waals surface area contributed by atoms with E-state index in [1.54, 1.807) is 30.5 Å². The zero-order valence-electron chi connectivity index (χ0n) is 23.3. The molecule has 5 rings (SSSR count). The summed E-state index contributed by atoms with van der Waals surface area (Å²) in [7, 11) is 1.63. The van der Waals surface area contributed by atoms with Crippen molar-refractivity contribution in [1.82, 2.24) is 14.5 Å². The number of halogens is 1. The Hall–Kier alpha value is -3.76. The summed E-state index contributed by atoms with van der Waals surface area (Å²) in [5.41, 5.74) is 5.29. The van der Waals surface area contributed by atoms with Crippen LogP contribution in [0.25, 0.3) is 11.8 Å². The average molecular weight is 662 g/mol. The molecule has 7 nitrogen and oxygen atoms in total. The van der Waals surface area contributed by atoms with Crippen LogP contribution in [-0.4, -0.2) is 51.5 Å². The number of likely N-dealkylation sites (tertiary alicyclic amines) is 1. The molecule has 2 heterocycles. The van der Waals surface area contributed by atoms with E-state index in [1.807, 2.05) is 78.4 Å². The third kappa shape index (κ3) is 6.28. The minimum absolute atomic E-state index is 0.0639. The smallest absolute Gasteiger partial charge is 0.250 e. The van der Waals surface area contributed by atoms with Crippen LogP contribution < -0.4 is 4.74 Å². The molecule has 8 heteroatoms. The second kappa shape index (κ2) is 12.4. The lowest BCUT2D eigenvalue weighted by molar-refractivity contribution is -0.133. The molecule has 1 aromatic heterocycles. The Kier molecular flexibility index (Phi) is 8.70. The van der Waals surface area contributed by atoms with E-state index in [1.165, 1.54) is 0 Å². The number of nitrogens with zero attached hydrogens (tertiary/aromatic N) is 3. The molecule has 0 spiro atoms. The van der Waals surface area contributed by atoms with Gasteiger partial charge in [0, 0.05) is 33.0 Å². The number of piperidine rings is 1. The van der Waals surface area contributed by atoms with Gasteiger partial charge in [-0.25, -0.2) is 4.98 Å². The van der Waals surface area contributed by atoms with Crippen LogP contribution in [0.2, 0.25) is 0 Å². The van der Waals surface area contributed by atoms with E-state index in [2.05, 4.69) is 34.5 Å². The van der Waals surface area contributed by atoms with E-state index in [0.29, 0.717) is 35.4 Å². The predicted octanol–water partition coefficient (Wildman–Crippen LogP) is 6.01. The summed E-state index contributed by atoms with van der Waals surface area (Å²) in [4.78, 5) is 32.7. The van der Waals surface area contributed by atoms with Gasteiger partial charge in [0.15, 0.2) is 5.78 Å². The van der Waals surface area contributed by atoms with Gasteiger partial charge in [0.25, 0.3) is 0 Å². The van der Waals surface area contributed by atoms with Crippen LogP contribution in [0.1, 0.15) is 52.1 Å². The largest absolute Gasteiger partial charge is 0.495 e. The number of ketones is 1. The molecule has 1 amide bonds. The molecular formula is C33H32IN3O4. The number of imidazole rings is 1. The molecule has 210 valence electrons. The standard InChI is InChI=1S/C33H32IN3O4/c1-21-14-27(15-23-4-13-29(31(16-23)41-3)36-18-22(2)35-20-36)33(40)37(17-21)30(19-38)24-5-7-25(8-6-24)32(39)26-9-11-28(34)12-10-26/h4-13,15-16,18,20-21,30,38H,14,17,19H2,1-3H3/b27-15+/t21-,30+/m0/s1. The van der Waals surface area contributed by atoms with Crippen molar-refractivity contribution in [1.29, 1.82) is 0 Å². The van der Waals surface area contributed by atoms with Crippen molar-refractivity contribution in [2.75, 3.05) is 20.3 Å². The Labute approximate surface area is 253 Å².